The van der Waals surface area contributed by atoms with Gasteiger partial charge in [-0.15, -0.1) is 0 Å². The van der Waals surface area contributed by atoms with E-state index in [2.05, 4.69) is 4.98 Å². The van der Waals surface area contributed by atoms with Gasteiger partial charge in [0, 0.05) is 5.56 Å². The minimum atomic E-state index is -0.406. The third kappa shape index (κ3) is 2.59. The minimum absolute atomic E-state index is 0.350. The van der Waals surface area contributed by atoms with Gasteiger partial charge in [0.15, 0.2) is 0 Å². The van der Waals surface area contributed by atoms with E-state index in [9.17, 15) is 0 Å². The van der Waals surface area contributed by atoms with Crippen molar-refractivity contribution in [3.8, 4) is 0 Å². The van der Waals surface area contributed by atoms with Crippen molar-refractivity contribution in [2.24, 2.45) is 0 Å². The molecule has 2 heterocycles. The number of aromatic nitrogens is 1. The highest BCUT2D eigenvalue weighted by molar-refractivity contribution is 6.52. The summed E-state index contributed by atoms with van der Waals surface area (Å²) in [6.45, 7) is 8.04. The van der Waals surface area contributed by atoms with Crippen molar-refractivity contribution in [1.82, 2.24) is 4.98 Å². The Morgan fingerprint density at radius 2 is 1.53 bits per heavy atom. The number of pyridine rings is 1. The van der Waals surface area contributed by atoms with E-state index in [0.717, 1.165) is 5.56 Å². The third-order valence-electron chi connectivity index (χ3n) is 3.74. The van der Waals surface area contributed by atoms with E-state index in [0.29, 0.717) is 11.4 Å². The van der Waals surface area contributed by atoms with Crippen LogP contribution in [-0.4, -0.2) is 23.3 Å². The maximum absolute atomic E-state index is 5.86. The standard InChI is InChI=1S/C13H20BN3O2/c1-12(2)13(3,4)19-14(18-12)6-5-9-10(15)7-17-8-11(9)16/h5-8H,15-16H2,1-4H3/b6-5+. The van der Waals surface area contributed by atoms with Crippen LogP contribution in [0.2, 0.25) is 0 Å². The highest BCUT2D eigenvalue weighted by Crippen LogP contribution is 2.37. The van der Waals surface area contributed by atoms with Crippen molar-refractivity contribution in [3.63, 3.8) is 0 Å². The molecule has 0 unspecified atom stereocenters. The zero-order valence-corrected chi connectivity index (χ0v) is 11.8. The number of nitrogens with two attached hydrogens (primary N) is 2. The van der Waals surface area contributed by atoms with Gasteiger partial charge in [0.25, 0.3) is 0 Å². The molecular weight excluding hydrogens is 241 g/mol. The molecule has 102 valence electrons. The lowest BCUT2D eigenvalue weighted by atomic mass is 9.89. The van der Waals surface area contributed by atoms with E-state index in [1.165, 1.54) is 0 Å². The summed E-state index contributed by atoms with van der Waals surface area (Å²) in [5, 5.41) is 0. The average molecular weight is 261 g/mol. The zero-order chi connectivity index (χ0) is 14.3. The molecule has 0 bridgehead atoms. The largest absolute Gasteiger partial charge is 0.487 e. The fourth-order valence-electron chi connectivity index (χ4n) is 1.84. The molecule has 0 aromatic carbocycles. The van der Waals surface area contributed by atoms with Crippen molar-refractivity contribution in [2.75, 3.05) is 11.5 Å². The molecule has 1 aliphatic heterocycles. The van der Waals surface area contributed by atoms with Crippen molar-refractivity contribution >= 4 is 24.6 Å². The molecule has 1 aliphatic rings. The normalized spacial score (nSPS) is 21.2. The Kier molecular flexibility index (Phi) is 3.32. The van der Waals surface area contributed by atoms with Gasteiger partial charge < -0.3 is 20.8 Å². The summed E-state index contributed by atoms with van der Waals surface area (Å²) in [4.78, 5) is 3.92. The Morgan fingerprint density at radius 1 is 1.05 bits per heavy atom. The van der Waals surface area contributed by atoms with Gasteiger partial charge in [-0.1, -0.05) is 12.1 Å². The van der Waals surface area contributed by atoms with Crippen molar-refractivity contribution < 1.29 is 9.31 Å². The van der Waals surface area contributed by atoms with Crippen LogP contribution in [0.1, 0.15) is 33.3 Å². The predicted molar refractivity (Wildman–Crippen MR) is 78.2 cm³/mol. The van der Waals surface area contributed by atoms with Crippen LogP contribution in [-0.2, 0) is 9.31 Å². The number of nitrogens with zero attached hydrogens (tertiary/aromatic N) is 1. The SMILES string of the molecule is CC1(C)OB(/C=C/c2c(N)cncc2N)OC1(C)C. The smallest absolute Gasteiger partial charge is 0.400 e. The fraction of sp³-hybridized carbons (Fsp3) is 0.462. The number of hydrogen-bond acceptors (Lipinski definition) is 5. The van der Waals surface area contributed by atoms with Crippen LogP contribution in [0.5, 0.6) is 0 Å². The molecule has 4 N–H and O–H groups in total. The van der Waals surface area contributed by atoms with E-state index < -0.39 is 7.12 Å². The van der Waals surface area contributed by atoms with E-state index in [1.807, 2.05) is 39.7 Å². The van der Waals surface area contributed by atoms with Gasteiger partial charge in [0.1, 0.15) is 0 Å². The Labute approximate surface area is 114 Å². The summed E-state index contributed by atoms with van der Waals surface area (Å²) in [5.74, 6) is 1.82. The van der Waals surface area contributed by atoms with Gasteiger partial charge in [-0.25, -0.2) is 0 Å². The Bertz CT molecular complexity index is 478. The lowest BCUT2D eigenvalue weighted by molar-refractivity contribution is 0.00578. The molecule has 1 fully saturated rings. The van der Waals surface area contributed by atoms with Gasteiger partial charge in [-0.3, -0.25) is 4.98 Å². The first-order valence-corrected chi connectivity index (χ1v) is 6.26. The molecule has 0 spiro atoms. The van der Waals surface area contributed by atoms with Crippen LogP contribution < -0.4 is 11.5 Å². The molecule has 0 saturated carbocycles. The molecule has 2 rings (SSSR count). The van der Waals surface area contributed by atoms with Gasteiger partial charge in [-0.2, -0.15) is 0 Å². The molecule has 0 aliphatic carbocycles. The van der Waals surface area contributed by atoms with Crippen molar-refractivity contribution in [2.45, 2.75) is 38.9 Å². The molecule has 1 aromatic heterocycles. The van der Waals surface area contributed by atoms with Crippen molar-refractivity contribution in [1.29, 1.82) is 0 Å². The number of anilines is 2. The topological polar surface area (TPSA) is 83.4 Å². The second kappa shape index (κ2) is 4.54. The van der Waals surface area contributed by atoms with Crippen LogP contribution in [0.4, 0.5) is 11.4 Å². The third-order valence-corrected chi connectivity index (χ3v) is 3.74. The molecular formula is C13H20BN3O2. The Balaban J connectivity index is 2.18. The molecule has 0 atom stereocenters. The molecule has 6 heteroatoms. The lowest BCUT2D eigenvalue weighted by Crippen LogP contribution is -2.41. The zero-order valence-electron chi connectivity index (χ0n) is 11.8. The van der Waals surface area contributed by atoms with Gasteiger partial charge >= 0.3 is 7.12 Å². The molecule has 1 saturated heterocycles. The van der Waals surface area contributed by atoms with Gasteiger partial charge in [0.05, 0.1) is 35.0 Å². The van der Waals surface area contributed by atoms with E-state index >= 15 is 0 Å². The monoisotopic (exact) mass is 261 g/mol. The van der Waals surface area contributed by atoms with E-state index in [4.69, 9.17) is 20.8 Å². The van der Waals surface area contributed by atoms with Crippen LogP contribution >= 0.6 is 0 Å². The van der Waals surface area contributed by atoms with Gasteiger partial charge in [0.2, 0.25) is 0 Å². The molecule has 19 heavy (non-hydrogen) atoms. The molecule has 0 amide bonds. The molecule has 5 nitrogen and oxygen atoms in total. The quantitative estimate of drug-likeness (QED) is 0.794. The fourth-order valence-corrected chi connectivity index (χ4v) is 1.84. The number of rotatable bonds is 2. The first-order valence-electron chi connectivity index (χ1n) is 6.26. The Hall–Kier alpha value is -1.53. The van der Waals surface area contributed by atoms with Crippen LogP contribution in [0.15, 0.2) is 18.4 Å². The van der Waals surface area contributed by atoms with E-state index in [-0.39, 0.29) is 11.2 Å². The number of hydrogen-bond donors (Lipinski definition) is 2. The maximum atomic E-state index is 5.86. The van der Waals surface area contributed by atoms with Crippen molar-refractivity contribution in [3.05, 3.63) is 23.9 Å². The average Bonchev–Trinajstić information content (AvgIpc) is 2.46. The van der Waals surface area contributed by atoms with Crippen LogP contribution in [0.3, 0.4) is 0 Å². The first kappa shape index (κ1) is 13.9. The summed E-state index contributed by atoms with van der Waals surface area (Å²) < 4.78 is 11.7. The second-order valence-corrected chi connectivity index (χ2v) is 5.72. The minimum Gasteiger partial charge on any atom is -0.400 e. The summed E-state index contributed by atoms with van der Waals surface area (Å²) >= 11 is 0. The second-order valence-electron chi connectivity index (χ2n) is 5.72. The lowest BCUT2D eigenvalue weighted by Gasteiger charge is -2.32. The number of nitrogen functional groups attached to an aromatic ring is 2. The van der Waals surface area contributed by atoms with Gasteiger partial charge in [-0.05, 0) is 27.7 Å². The predicted octanol–water partition coefficient (Wildman–Crippen LogP) is 1.89. The van der Waals surface area contributed by atoms with E-state index in [1.54, 1.807) is 12.4 Å². The molecule has 1 aromatic rings. The Morgan fingerprint density at radius 3 is 2.00 bits per heavy atom. The van der Waals surface area contributed by atoms with Crippen LogP contribution in [0, 0.1) is 0 Å². The maximum Gasteiger partial charge on any atom is 0.487 e. The highest BCUT2D eigenvalue weighted by atomic mass is 16.7. The summed E-state index contributed by atoms with van der Waals surface area (Å²) in [6.07, 6.45) is 4.95. The summed E-state index contributed by atoms with van der Waals surface area (Å²) in [6, 6.07) is 0. The van der Waals surface area contributed by atoms with Crippen LogP contribution in [0.25, 0.3) is 6.08 Å². The highest BCUT2D eigenvalue weighted by Gasteiger charge is 2.50. The summed E-state index contributed by atoms with van der Waals surface area (Å²) in [7, 11) is -0.406. The summed E-state index contributed by atoms with van der Waals surface area (Å²) in [5.41, 5.74) is 12.8. The first-order chi connectivity index (χ1) is 8.73. The molecule has 0 radical (unpaired) electrons.